The van der Waals surface area contributed by atoms with Crippen LogP contribution in [-0.4, -0.2) is 51.3 Å². The quantitative estimate of drug-likeness (QED) is 0.406. The summed E-state index contributed by atoms with van der Waals surface area (Å²) >= 11 is 0. The van der Waals surface area contributed by atoms with Crippen LogP contribution in [0, 0.1) is 0 Å². The number of guanidine groups is 1. The van der Waals surface area contributed by atoms with Gasteiger partial charge < -0.3 is 25.4 Å². The minimum absolute atomic E-state index is 0.0331. The van der Waals surface area contributed by atoms with Gasteiger partial charge in [-0.2, -0.15) is 0 Å². The van der Waals surface area contributed by atoms with Crippen LogP contribution in [0.15, 0.2) is 23.2 Å². The predicted molar refractivity (Wildman–Crippen MR) is 110 cm³/mol. The first-order valence-electron chi connectivity index (χ1n) is 9.62. The minimum atomic E-state index is 0.0331. The normalized spacial score (nSPS) is 11.3. The van der Waals surface area contributed by atoms with Gasteiger partial charge in [-0.1, -0.05) is 6.07 Å². The molecule has 0 bridgehead atoms. The Morgan fingerprint density at radius 2 is 1.74 bits per heavy atom. The maximum absolute atomic E-state index is 11.6. The summed E-state index contributed by atoms with van der Waals surface area (Å²) in [6, 6.07) is 6.17. The van der Waals surface area contributed by atoms with E-state index in [1.54, 1.807) is 7.05 Å². The molecule has 0 saturated carbocycles. The summed E-state index contributed by atoms with van der Waals surface area (Å²) in [5.41, 5.74) is 1.15. The van der Waals surface area contributed by atoms with Crippen LogP contribution in [0.2, 0.25) is 0 Å². The molecule has 3 N–H and O–H groups in total. The van der Waals surface area contributed by atoms with Crippen LogP contribution in [0.5, 0.6) is 11.5 Å². The number of benzene rings is 1. The van der Waals surface area contributed by atoms with Crippen LogP contribution in [0.1, 0.15) is 39.7 Å². The molecule has 0 aliphatic carbocycles. The Hall–Kier alpha value is -2.44. The van der Waals surface area contributed by atoms with Gasteiger partial charge in [0, 0.05) is 32.6 Å². The maximum Gasteiger partial charge on any atom is 0.221 e. The number of carbonyl (C=O) groups excluding carboxylic acids is 1. The summed E-state index contributed by atoms with van der Waals surface area (Å²) in [6.45, 7) is 10.3. The third kappa shape index (κ3) is 9.17. The molecule has 0 unspecified atom stereocenters. The lowest BCUT2D eigenvalue weighted by Gasteiger charge is -2.14. The molecule has 0 heterocycles. The summed E-state index contributed by atoms with van der Waals surface area (Å²) in [5, 5.41) is 9.28. The summed E-state index contributed by atoms with van der Waals surface area (Å²) in [4.78, 5) is 15.8. The molecule has 7 heteroatoms. The van der Waals surface area contributed by atoms with Gasteiger partial charge in [-0.05, 0) is 51.8 Å². The maximum atomic E-state index is 11.6. The zero-order valence-electron chi connectivity index (χ0n) is 17.2. The second-order valence-electron chi connectivity index (χ2n) is 6.30. The number of ether oxygens (including phenoxy) is 2. The highest BCUT2D eigenvalue weighted by Crippen LogP contribution is 2.28. The first kappa shape index (κ1) is 22.6. The van der Waals surface area contributed by atoms with Gasteiger partial charge in [-0.25, -0.2) is 0 Å². The van der Waals surface area contributed by atoms with Gasteiger partial charge in [-0.3, -0.25) is 9.79 Å². The molecule has 27 heavy (non-hydrogen) atoms. The predicted octanol–water partition coefficient (Wildman–Crippen LogP) is 2.11. The smallest absolute Gasteiger partial charge is 0.221 e. The van der Waals surface area contributed by atoms with E-state index in [0.29, 0.717) is 32.1 Å². The molecule has 1 aromatic rings. The topological polar surface area (TPSA) is 84.0 Å². The van der Waals surface area contributed by atoms with Crippen LogP contribution >= 0.6 is 0 Å². The number of rotatable bonds is 11. The summed E-state index contributed by atoms with van der Waals surface area (Å²) in [6.07, 6.45) is 1.23. The molecule has 0 saturated heterocycles. The van der Waals surface area contributed by atoms with Gasteiger partial charge in [0.05, 0.1) is 13.2 Å². The molecule has 1 amide bonds. The standard InChI is InChI=1S/C20H34N4O3/c1-6-26-17-9-8-16(14-18(17)27-7-2)10-12-22-20(21-5)23-13-11-19(25)24-15(3)4/h8-9,14-15H,6-7,10-13H2,1-5H3,(H,24,25)(H2,21,22,23). The molecule has 152 valence electrons. The van der Waals surface area contributed by atoms with E-state index in [-0.39, 0.29) is 11.9 Å². The lowest BCUT2D eigenvalue weighted by atomic mass is 10.1. The average Bonchev–Trinajstić information content (AvgIpc) is 2.62. The molecule has 1 aromatic carbocycles. The van der Waals surface area contributed by atoms with Gasteiger partial charge in [0.25, 0.3) is 0 Å². The summed E-state index contributed by atoms with van der Waals surface area (Å²) in [7, 11) is 1.72. The van der Waals surface area contributed by atoms with Gasteiger partial charge in [0.2, 0.25) is 5.91 Å². The van der Waals surface area contributed by atoms with Crippen LogP contribution < -0.4 is 25.4 Å². The molecular formula is C20H34N4O3. The van der Waals surface area contributed by atoms with Crippen molar-refractivity contribution in [2.75, 3.05) is 33.4 Å². The second kappa shape index (κ2) is 12.8. The molecule has 1 rings (SSSR count). The Morgan fingerprint density at radius 1 is 1.07 bits per heavy atom. The Bertz CT molecular complexity index is 603. The minimum Gasteiger partial charge on any atom is -0.490 e. The largest absolute Gasteiger partial charge is 0.490 e. The number of nitrogens with one attached hydrogen (secondary N) is 3. The molecule has 0 aromatic heterocycles. The Kier molecular flexibility index (Phi) is 10.7. The van der Waals surface area contributed by atoms with Gasteiger partial charge in [0.15, 0.2) is 17.5 Å². The fourth-order valence-corrected chi connectivity index (χ4v) is 2.49. The lowest BCUT2D eigenvalue weighted by Crippen LogP contribution is -2.40. The summed E-state index contributed by atoms with van der Waals surface area (Å²) < 4.78 is 11.3. The number of hydrogen-bond acceptors (Lipinski definition) is 4. The van der Waals surface area contributed by atoms with Gasteiger partial charge >= 0.3 is 0 Å². The molecule has 0 radical (unpaired) electrons. The molecular weight excluding hydrogens is 344 g/mol. The van der Waals surface area contributed by atoms with Crippen molar-refractivity contribution in [2.45, 2.75) is 46.6 Å². The van der Waals surface area contributed by atoms with Crippen molar-refractivity contribution in [3.63, 3.8) is 0 Å². The zero-order valence-corrected chi connectivity index (χ0v) is 17.2. The molecule has 0 atom stereocenters. The highest BCUT2D eigenvalue weighted by atomic mass is 16.5. The van der Waals surface area contributed by atoms with E-state index in [2.05, 4.69) is 20.9 Å². The molecule has 0 fully saturated rings. The van der Waals surface area contributed by atoms with E-state index in [1.165, 1.54) is 0 Å². The van der Waals surface area contributed by atoms with Crippen molar-refractivity contribution in [1.29, 1.82) is 0 Å². The van der Waals surface area contributed by atoms with Crippen LogP contribution in [0.3, 0.4) is 0 Å². The highest BCUT2D eigenvalue weighted by Gasteiger charge is 2.07. The number of carbonyl (C=O) groups is 1. The SMILES string of the molecule is CCOc1ccc(CCNC(=NC)NCCC(=O)NC(C)C)cc1OCC. The van der Waals surface area contributed by atoms with E-state index in [1.807, 2.05) is 45.9 Å². The lowest BCUT2D eigenvalue weighted by molar-refractivity contribution is -0.121. The first-order chi connectivity index (χ1) is 13.0. The first-order valence-corrected chi connectivity index (χ1v) is 9.62. The van der Waals surface area contributed by atoms with Crippen molar-refractivity contribution in [3.8, 4) is 11.5 Å². The van der Waals surface area contributed by atoms with Crippen molar-refractivity contribution >= 4 is 11.9 Å². The van der Waals surface area contributed by atoms with Gasteiger partial charge in [0.1, 0.15) is 0 Å². The highest BCUT2D eigenvalue weighted by molar-refractivity contribution is 5.81. The second-order valence-corrected chi connectivity index (χ2v) is 6.30. The van der Waals surface area contributed by atoms with E-state index in [4.69, 9.17) is 9.47 Å². The van der Waals surface area contributed by atoms with Crippen LogP contribution in [-0.2, 0) is 11.2 Å². The molecule has 7 nitrogen and oxygen atoms in total. The molecule has 0 spiro atoms. The summed E-state index contributed by atoms with van der Waals surface area (Å²) in [5.74, 6) is 2.26. The third-order valence-corrected chi connectivity index (χ3v) is 3.63. The van der Waals surface area contributed by atoms with E-state index < -0.39 is 0 Å². The van der Waals surface area contributed by atoms with Crippen LogP contribution in [0.25, 0.3) is 0 Å². The van der Waals surface area contributed by atoms with Gasteiger partial charge in [-0.15, -0.1) is 0 Å². The fraction of sp³-hybridized carbons (Fsp3) is 0.600. The van der Waals surface area contributed by atoms with Crippen molar-refractivity contribution in [1.82, 2.24) is 16.0 Å². The zero-order chi connectivity index (χ0) is 20.1. The molecule has 0 aliphatic heterocycles. The third-order valence-electron chi connectivity index (χ3n) is 3.63. The average molecular weight is 379 g/mol. The Labute approximate surface area is 162 Å². The Morgan fingerprint density at radius 3 is 2.37 bits per heavy atom. The molecule has 0 aliphatic rings. The monoisotopic (exact) mass is 378 g/mol. The number of amides is 1. The Balaban J connectivity index is 2.43. The van der Waals surface area contributed by atoms with Crippen molar-refractivity contribution in [2.24, 2.45) is 4.99 Å². The van der Waals surface area contributed by atoms with Crippen LogP contribution in [0.4, 0.5) is 0 Å². The number of nitrogens with zero attached hydrogens (tertiary/aromatic N) is 1. The number of hydrogen-bond donors (Lipinski definition) is 3. The van der Waals surface area contributed by atoms with Crippen molar-refractivity contribution in [3.05, 3.63) is 23.8 Å². The van der Waals surface area contributed by atoms with E-state index >= 15 is 0 Å². The number of aliphatic imine (C=N–C) groups is 1. The van der Waals surface area contributed by atoms with Crippen molar-refractivity contribution < 1.29 is 14.3 Å². The van der Waals surface area contributed by atoms with E-state index in [0.717, 1.165) is 30.0 Å². The fourth-order valence-electron chi connectivity index (χ4n) is 2.49. The van der Waals surface area contributed by atoms with E-state index in [9.17, 15) is 4.79 Å².